The Bertz CT molecular complexity index is 493. The SMILES string of the molecule is CC(C)[Si](C(C)C)(C(C)C)N(c1cnccn1)[Si](C(C)C)(C(C)C)C(C)C. The highest BCUT2D eigenvalue weighted by Crippen LogP contribution is 2.54. The third-order valence-corrected chi connectivity index (χ3v) is 22.5. The zero-order valence-electron chi connectivity index (χ0n) is 20.0. The molecule has 0 atom stereocenters. The Hall–Kier alpha value is -0.686. The van der Waals surface area contributed by atoms with Crippen molar-refractivity contribution in [2.24, 2.45) is 0 Å². The molecule has 0 bridgehead atoms. The first-order valence-electron chi connectivity index (χ1n) is 11.0. The van der Waals surface area contributed by atoms with Crippen LogP contribution in [0.1, 0.15) is 83.1 Å². The first kappa shape index (κ1) is 24.4. The van der Waals surface area contributed by atoms with Gasteiger partial charge in [-0.15, -0.1) is 0 Å². The molecule has 0 saturated carbocycles. The fourth-order valence-electron chi connectivity index (χ4n) is 6.69. The van der Waals surface area contributed by atoms with Crippen LogP contribution in [0.15, 0.2) is 18.6 Å². The van der Waals surface area contributed by atoms with Crippen LogP contribution < -0.4 is 4.23 Å². The third kappa shape index (κ3) is 3.91. The van der Waals surface area contributed by atoms with Crippen molar-refractivity contribution in [1.29, 1.82) is 0 Å². The summed E-state index contributed by atoms with van der Waals surface area (Å²) >= 11 is 0. The zero-order chi connectivity index (χ0) is 21.2. The first-order chi connectivity index (χ1) is 12.4. The van der Waals surface area contributed by atoms with Gasteiger partial charge in [-0.1, -0.05) is 83.1 Å². The fourth-order valence-corrected chi connectivity index (χ4v) is 26.1. The summed E-state index contributed by atoms with van der Waals surface area (Å²) in [6.45, 7) is 29.6. The lowest BCUT2D eigenvalue weighted by Crippen LogP contribution is -2.74. The number of anilines is 1. The summed E-state index contributed by atoms with van der Waals surface area (Å²) in [5.74, 6) is 1.14. The van der Waals surface area contributed by atoms with E-state index in [0.717, 1.165) is 5.82 Å². The van der Waals surface area contributed by atoms with Gasteiger partial charge < -0.3 is 4.23 Å². The zero-order valence-corrected chi connectivity index (χ0v) is 22.0. The van der Waals surface area contributed by atoms with Crippen LogP contribution in [-0.2, 0) is 0 Å². The maximum absolute atomic E-state index is 4.94. The summed E-state index contributed by atoms with van der Waals surface area (Å²) < 4.78 is 3.01. The van der Waals surface area contributed by atoms with Crippen LogP contribution in [0.5, 0.6) is 0 Å². The molecule has 27 heavy (non-hydrogen) atoms. The predicted molar refractivity (Wildman–Crippen MR) is 127 cm³/mol. The smallest absolute Gasteiger partial charge is 0.157 e. The first-order valence-corrected chi connectivity index (χ1v) is 15.3. The average Bonchev–Trinajstić information content (AvgIpc) is 2.53. The summed E-state index contributed by atoms with van der Waals surface area (Å²) in [4.78, 5) is 9.47. The topological polar surface area (TPSA) is 29.0 Å². The molecule has 0 N–H and O–H groups in total. The quantitative estimate of drug-likeness (QED) is 0.394. The van der Waals surface area contributed by atoms with E-state index in [4.69, 9.17) is 4.98 Å². The molecule has 0 radical (unpaired) electrons. The van der Waals surface area contributed by atoms with E-state index in [1.165, 1.54) is 0 Å². The van der Waals surface area contributed by atoms with Gasteiger partial charge in [-0.25, -0.2) is 4.98 Å². The molecule has 0 aliphatic carbocycles. The normalized spacial score (nSPS) is 13.7. The lowest BCUT2D eigenvalue weighted by molar-refractivity contribution is 0.757. The van der Waals surface area contributed by atoms with E-state index in [1.807, 2.05) is 18.6 Å². The summed E-state index contributed by atoms with van der Waals surface area (Å²) in [5, 5.41) is 0. The van der Waals surface area contributed by atoms with Crippen LogP contribution in [0.3, 0.4) is 0 Å². The van der Waals surface area contributed by atoms with Gasteiger partial charge in [-0.05, 0) is 33.2 Å². The molecule has 0 spiro atoms. The van der Waals surface area contributed by atoms with Gasteiger partial charge in [0.2, 0.25) is 0 Å². The Morgan fingerprint density at radius 3 is 1.15 bits per heavy atom. The van der Waals surface area contributed by atoms with Gasteiger partial charge in [-0.3, -0.25) is 4.98 Å². The largest absolute Gasteiger partial charge is 0.406 e. The van der Waals surface area contributed by atoms with Crippen LogP contribution in [0, 0.1) is 0 Å². The molecule has 0 aliphatic rings. The molecule has 0 amide bonds. The Balaban J connectivity index is 4.07. The van der Waals surface area contributed by atoms with Gasteiger partial charge in [0.1, 0.15) is 5.82 Å². The second kappa shape index (κ2) is 9.21. The number of aromatic nitrogens is 2. The summed E-state index contributed by atoms with van der Waals surface area (Å²) in [6, 6.07) is 0. The maximum atomic E-state index is 4.94. The lowest BCUT2D eigenvalue weighted by atomic mass is 10.5. The van der Waals surface area contributed by atoms with Crippen molar-refractivity contribution in [3.8, 4) is 0 Å². The molecule has 0 aliphatic heterocycles. The second-order valence-corrected chi connectivity index (χ2v) is 21.9. The lowest BCUT2D eigenvalue weighted by Gasteiger charge is -2.63. The Morgan fingerprint density at radius 2 is 0.926 bits per heavy atom. The van der Waals surface area contributed by atoms with E-state index < -0.39 is 16.5 Å². The van der Waals surface area contributed by atoms with E-state index in [9.17, 15) is 0 Å². The number of hydrogen-bond donors (Lipinski definition) is 0. The Kier molecular flexibility index (Phi) is 8.30. The van der Waals surface area contributed by atoms with E-state index in [2.05, 4.69) is 92.3 Å². The number of hydrogen-bond acceptors (Lipinski definition) is 3. The van der Waals surface area contributed by atoms with Gasteiger partial charge in [0.15, 0.2) is 16.5 Å². The van der Waals surface area contributed by atoms with Crippen LogP contribution >= 0.6 is 0 Å². The van der Waals surface area contributed by atoms with Gasteiger partial charge in [0.25, 0.3) is 0 Å². The van der Waals surface area contributed by atoms with Crippen molar-refractivity contribution in [3.05, 3.63) is 18.6 Å². The fraction of sp³-hybridized carbons (Fsp3) is 0.818. The highest BCUT2D eigenvalue weighted by Gasteiger charge is 2.60. The predicted octanol–water partition coefficient (Wildman–Crippen LogP) is 7.63. The van der Waals surface area contributed by atoms with Crippen LogP contribution in [0.4, 0.5) is 5.82 Å². The summed E-state index contributed by atoms with van der Waals surface area (Å²) in [7, 11) is -3.86. The van der Waals surface area contributed by atoms with Gasteiger partial charge in [0, 0.05) is 12.4 Å². The van der Waals surface area contributed by atoms with E-state index >= 15 is 0 Å². The molecule has 0 fully saturated rings. The van der Waals surface area contributed by atoms with Crippen molar-refractivity contribution >= 4 is 22.3 Å². The molecule has 1 rings (SSSR count). The molecule has 3 nitrogen and oxygen atoms in total. The standard InChI is InChI=1S/C22H45N3Si2/c1-16(2)26(17(3)4,18(5)6)25(22-15-23-13-14-24-22)27(19(7)8,20(9)10)21(11)12/h13-21H,1-12H3. The van der Waals surface area contributed by atoms with Crippen molar-refractivity contribution in [1.82, 2.24) is 9.97 Å². The van der Waals surface area contributed by atoms with Gasteiger partial charge >= 0.3 is 0 Å². The number of nitrogens with zero attached hydrogens (tertiary/aromatic N) is 3. The van der Waals surface area contributed by atoms with E-state index in [-0.39, 0.29) is 0 Å². The Morgan fingerprint density at radius 1 is 0.593 bits per heavy atom. The molecule has 156 valence electrons. The third-order valence-electron chi connectivity index (χ3n) is 7.10. The van der Waals surface area contributed by atoms with E-state index in [1.54, 1.807) is 0 Å². The van der Waals surface area contributed by atoms with Crippen molar-refractivity contribution in [2.45, 2.75) is 116 Å². The molecule has 1 aromatic rings. The molecular weight excluding hydrogens is 362 g/mol. The molecule has 5 heteroatoms. The molecule has 0 unspecified atom stereocenters. The minimum absolute atomic E-state index is 0.655. The average molecular weight is 408 g/mol. The number of rotatable bonds is 9. The highest BCUT2D eigenvalue weighted by atomic mass is 28.4. The van der Waals surface area contributed by atoms with E-state index in [0.29, 0.717) is 33.2 Å². The monoisotopic (exact) mass is 407 g/mol. The van der Waals surface area contributed by atoms with Crippen molar-refractivity contribution in [3.63, 3.8) is 0 Å². The highest BCUT2D eigenvalue weighted by molar-refractivity contribution is 7.05. The molecule has 1 heterocycles. The van der Waals surface area contributed by atoms with Gasteiger partial charge in [0.05, 0.1) is 6.20 Å². The second-order valence-electron chi connectivity index (χ2n) is 10.1. The van der Waals surface area contributed by atoms with Crippen LogP contribution in [-0.4, -0.2) is 26.4 Å². The molecule has 1 aromatic heterocycles. The molecule has 0 aromatic carbocycles. The van der Waals surface area contributed by atoms with Crippen LogP contribution in [0.2, 0.25) is 33.2 Å². The van der Waals surface area contributed by atoms with Gasteiger partial charge in [-0.2, -0.15) is 0 Å². The minimum Gasteiger partial charge on any atom is -0.406 e. The molecular formula is C22H45N3Si2. The minimum atomic E-state index is -1.93. The maximum Gasteiger partial charge on any atom is 0.157 e. The Labute approximate surface area is 171 Å². The van der Waals surface area contributed by atoms with Crippen molar-refractivity contribution in [2.75, 3.05) is 4.23 Å². The summed E-state index contributed by atoms with van der Waals surface area (Å²) in [5.41, 5.74) is 3.93. The van der Waals surface area contributed by atoms with Crippen LogP contribution in [0.25, 0.3) is 0 Å². The molecule has 0 saturated heterocycles. The van der Waals surface area contributed by atoms with Crippen molar-refractivity contribution < 1.29 is 0 Å². The summed E-state index contributed by atoms with van der Waals surface area (Å²) in [6.07, 6.45) is 5.75.